The Morgan fingerprint density at radius 3 is 2.38 bits per heavy atom. The molecule has 2 nitrogen and oxygen atoms in total. The minimum atomic E-state index is 0.396. The van der Waals surface area contributed by atoms with Gasteiger partial charge in [0.15, 0.2) is 0 Å². The fourth-order valence-electron chi connectivity index (χ4n) is 2.10. The molecular formula is C14H23NO. The molecule has 1 N–H and O–H groups in total. The van der Waals surface area contributed by atoms with Gasteiger partial charge in [0.2, 0.25) is 0 Å². The lowest BCUT2D eigenvalue weighted by molar-refractivity contribution is 0.116. The Bertz CT molecular complexity index is 273. The topological polar surface area (TPSA) is 21.3 Å². The van der Waals surface area contributed by atoms with Crippen LogP contribution in [0.1, 0.15) is 31.7 Å². The molecule has 0 aliphatic rings. The van der Waals surface area contributed by atoms with Crippen LogP contribution in [0, 0.1) is 0 Å². The van der Waals surface area contributed by atoms with Crippen molar-refractivity contribution in [2.45, 2.75) is 32.2 Å². The molecule has 1 aromatic rings. The summed E-state index contributed by atoms with van der Waals surface area (Å²) in [5.41, 5.74) is 1.39. The lowest BCUT2D eigenvalue weighted by Crippen LogP contribution is -2.36. The number of nitrogens with one attached hydrogen (secondary N) is 1. The molecule has 2 heteroatoms. The molecule has 16 heavy (non-hydrogen) atoms. The molecule has 0 heterocycles. The van der Waals surface area contributed by atoms with E-state index in [1.54, 1.807) is 0 Å². The number of rotatable bonds is 7. The van der Waals surface area contributed by atoms with E-state index in [4.69, 9.17) is 4.74 Å². The molecule has 0 radical (unpaired) electrons. The van der Waals surface area contributed by atoms with Gasteiger partial charge in [-0.2, -0.15) is 0 Å². The molecule has 0 bridgehead atoms. The van der Waals surface area contributed by atoms with Gasteiger partial charge in [0.05, 0.1) is 6.61 Å². The Morgan fingerprint density at radius 1 is 1.19 bits per heavy atom. The minimum Gasteiger partial charge on any atom is -0.380 e. The Kier molecular flexibility index (Phi) is 6.12. The van der Waals surface area contributed by atoms with E-state index in [0.717, 1.165) is 19.6 Å². The first-order valence-electron chi connectivity index (χ1n) is 6.13. The van der Waals surface area contributed by atoms with Gasteiger partial charge in [-0.25, -0.2) is 0 Å². The predicted octanol–water partition coefficient (Wildman–Crippen LogP) is 2.80. The molecule has 2 atom stereocenters. The fraction of sp³-hybridized carbons (Fsp3) is 0.571. The zero-order chi connectivity index (χ0) is 11.8. The van der Waals surface area contributed by atoms with Crippen molar-refractivity contribution in [3.63, 3.8) is 0 Å². The second-order valence-electron chi connectivity index (χ2n) is 3.98. The first-order chi connectivity index (χ1) is 7.83. The molecule has 1 rings (SSSR count). The van der Waals surface area contributed by atoms with E-state index < -0.39 is 0 Å². The highest BCUT2D eigenvalue weighted by Crippen LogP contribution is 2.23. The normalized spacial score (nSPS) is 14.7. The highest BCUT2D eigenvalue weighted by Gasteiger charge is 2.19. The molecule has 0 saturated heterocycles. The second kappa shape index (κ2) is 7.42. The molecule has 0 spiro atoms. The standard InChI is InChI=1S/C14H23NO/c1-4-13(12-9-7-6-8-10-12)14(15-3)11-16-5-2/h6-10,13-15H,4-5,11H2,1-3H3. The summed E-state index contributed by atoms with van der Waals surface area (Å²) in [6, 6.07) is 11.1. The van der Waals surface area contributed by atoms with Gasteiger partial charge in [-0.1, -0.05) is 37.3 Å². The van der Waals surface area contributed by atoms with Crippen LogP contribution in [0.4, 0.5) is 0 Å². The lowest BCUT2D eigenvalue weighted by atomic mass is 9.89. The maximum Gasteiger partial charge on any atom is 0.0625 e. The summed E-state index contributed by atoms with van der Waals surface area (Å²) < 4.78 is 5.53. The Morgan fingerprint density at radius 2 is 1.88 bits per heavy atom. The van der Waals surface area contributed by atoms with Gasteiger partial charge in [-0.05, 0) is 26.0 Å². The van der Waals surface area contributed by atoms with Crippen molar-refractivity contribution >= 4 is 0 Å². The van der Waals surface area contributed by atoms with Crippen LogP contribution in [-0.4, -0.2) is 26.3 Å². The van der Waals surface area contributed by atoms with Crippen molar-refractivity contribution in [3.8, 4) is 0 Å². The molecule has 0 aliphatic carbocycles. The first kappa shape index (κ1) is 13.2. The van der Waals surface area contributed by atoms with Crippen molar-refractivity contribution in [1.82, 2.24) is 5.32 Å². The molecule has 90 valence electrons. The Balaban J connectivity index is 2.71. The van der Waals surface area contributed by atoms with Crippen LogP contribution < -0.4 is 5.32 Å². The van der Waals surface area contributed by atoms with E-state index in [1.807, 2.05) is 14.0 Å². The predicted molar refractivity (Wildman–Crippen MR) is 68.8 cm³/mol. The third-order valence-electron chi connectivity index (χ3n) is 3.03. The fourth-order valence-corrected chi connectivity index (χ4v) is 2.10. The summed E-state index contributed by atoms with van der Waals surface area (Å²) in [6.07, 6.45) is 1.13. The SMILES string of the molecule is CCOCC(NC)C(CC)c1ccccc1. The monoisotopic (exact) mass is 221 g/mol. The minimum absolute atomic E-state index is 0.396. The van der Waals surface area contributed by atoms with Crippen molar-refractivity contribution in [1.29, 1.82) is 0 Å². The smallest absolute Gasteiger partial charge is 0.0625 e. The van der Waals surface area contributed by atoms with Crippen LogP contribution >= 0.6 is 0 Å². The zero-order valence-corrected chi connectivity index (χ0v) is 10.6. The van der Waals surface area contributed by atoms with E-state index in [1.165, 1.54) is 5.56 Å². The van der Waals surface area contributed by atoms with Gasteiger partial charge in [0.1, 0.15) is 0 Å². The van der Waals surface area contributed by atoms with Crippen molar-refractivity contribution in [2.75, 3.05) is 20.3 Å². The van der Waals surface area contributed by atoms with Crippen LogP contribution in [0.15, 0.2) is 30.3 Å². The quantitative estimate of drug-likeness (QED) is 0.764. The van der Waals surface area contributed by atoms with Gasteiger partial charge in [0, 0.05) is 18.6 Å². The second-order valence-corrected chi connectivity index (χ2v) is 3.98. The van der Waals surface area contributed by atoms with Crippen LogP contribution in [0.5, 0.6) is 0 Å². The third-order valence-corrected chi connectivity index (χ3v) is 3.03. The van der Waals surface area contributed by atoms with E-state index >= 15 is 0 Å². The van der Waals surface area contributed by atoms with Crippen LogP contribution in [0.25, 0.3) is 0 Å². The molecule has 0 aromatic heterocycles. The van der Waals surface area contributed by atoms with E-state index in [9.17, 15) is 0 Å². The summed E-state index contributed by atoms with van der Waals surface area (Å²) in [5, 5.41) is 3.36. The van der Waals surface area contributed by atoms with Gasteiger partial charge in [-0.15, -0.1) is 0 Å². The van der Waals surface area contributed by atoms with E-state index in [0.29, 0.717) is 12.0 Å². The number of likely N-dealkylation sites (N-methyl/N-ethyl adjacent to an activating group) is 1. The molecule has 0 saturated carbocycles. The highest BCUT2D eigenvalue weighted by atomic mass is 16.5. The van der Waals surface area contributed by atoms with Gasteiger partial charge >= 0.3 is 0 Å². The summed E-state index contributed by atoms with van der Waals surface area (Å²) in [4.78, 5) is 0. The number of ether oxygens (including phenoxy) is 1. The molecule has 0 fully saturated rings. The molecular weight excluding hydrogens is 198 g/mol. The maximum atomic E-state index is 5.53. The molecule has 2 unspecified atom stereocenters. The van der Waals surface area contributed by atoms with Crippen LogP contribution in [0.3, 0.4) is 0 Å². The molecule has 1 aromatic carbocycles. The first-order valence-corrected chi connectivity index (χ1v) is 6.13. The number of hydrogen-bond acceptors (Lipinski definition) is 2. The highest BCUT2D eigenvalue weighted by molar-refractivity contribution is 5.21. The number of hydrogen-bond donors (Lipinski definition) is 1. The van der Waals surface area contributed by atoms with E-state index in [-0.39, 0.29) is 0 Å². The third kappa shape index (κ3) is 3.62. The van der Waals surface area contributed by atoms with Crippen molar-refractivity contribution in [3.05, 3.63) is 35.9 Å². The van der Waals surface area contributed by atoms with Gasteiger partial charge < -0.3 is 10.1 Å². The Hall–Kier alpha value is -0.860. The lowest BCUT2D eigenvalue weighted by Gasteiger charge is -2.26. The summed E-state index contributed by atoms with van der Waals surface area (Å²) in [6.45, 7) is 5.83. The van der Waals surface area contributed by atoms with E-state index in [2.05, 4.69) is 42.6 Å². The summed E-state index contributed by atoms with van der Waals surface area (Å²) in [7, 11) is 2.01. The van der Waals surface area contributed by atoms with Gasteiger partial charge in [-0.3, -0.25) is 0 Å². The van der Waals surface area contributed by atoms with Gasteiger partial charge in [0.25, 0.3) is 0 Å². The molecule has 0 amide bonds. The maximum absolute atomic E-state index is 5.53. The average Bonchev–Trinajstić information content (AvgIpc) is 2.35. The molecule has 0 aliphatic heterocycles. The van der Waals surface area contributed by atoms with Crippen molar-refractivity contribution < 1.29 is 4.74 Å². The van der Waals surface area contributed by atoms with Crippen molar-refractivity contribution in [2.24, 2.45) is 0 Å². The number of benzene rings is 1. The van der Waals surface area contributed by atoms with Crippen LogP contribution in [-0.2, 0) is 4.74 Å². The zero-order valence-electron chi connectivity index (χ0n) is 10.6. The summed E-state index contributed by atoms with van der Waals surface area (Å²) in [5.74, 6) is 0.526. The Labute approximate surface area is 99.0 Å². The average molecular weight is 221 g/mol. The van der Waals surface area contributed by atoms with Crippen LogP contribution in [0.2, 0.25) is 0 Å². The largest absolute Gasteiger partial charge is 0.380 e. The summed E-state index contributed by atoms with van der Waals surface area (Å²) >= 11 is 0.